The number of halogens is 3. The second kappa shape index (κ2) is 3.94. The summed E-state index contributed by atoms with van der Waals surface area (Å²) >= 11 is 0. The molecule has 0 spiro atoms. The lowest BCUT2D eigenvalue weighted by Gasteiger charge is -2.11. The van der Waals surface area contributed by atoms with Gasteiger partial charge in [-0.3, -0.25) is 4.79 Å². The van der Waals surface area contributed by atoms with Crippen molar-refractivity contribution in [3.05, 3.63) is 29.5 Å². The molecule has 2 rings (SSSR count). The number of rotatable bonds is 1. The maximum absolute atomic E-state index is 12.8. The Kier molecular flexibility index (Phi) is 2.68. The van der Waals surface area contributed by atoms with Crippen molar-refractivity contribution in [1.82, 2.24) is 9.97 Å². The Labute approximate surface area is 99.6 Å². The van der Waals surface area contributed by atoms with Gasteiger partial charge in [0.15, 0.2) is 5.78 Å². The van der Waals surface area contributed by atoms with Crippen molar-refractivity contribution in [2.75, 3.05) is 5.73 Å². The van der Waals surface area contributed by atoms with Crippen LogP contribution < -0.4 is 5.73 Å². The van der Waals surface area contributed by atoms with Gasteiger partial charge in [0.25, 0.3) is 0 Å². The maximum atomic E-state index is 12.8. The Morgan fingerprint density at radius 2 is 1.94 bits per heavy atom. The summed E-state index contributed by atoms with van der Waals surface area (Å²) < 4.78 is 38.4. The Balaban J connectivity index is 2.90. The van der Waals surface area contributed by atoms with Crippen LogP contribution in [0.3, 0.4) is 0 Å². The summed E-state index contributed by atoms with van der Waals surface area (Å²) in [7, 11) is 0. The van der Waals surface area contributed by atoms with Gasteiger partial charge in [0.1, 0.15) is 5.69 Å². The summed E-state index contributed by atoms with van der Waals surface area (Å²) in [6.07, 6.45) is -4.56. The summed E-state index contributed by atoms with van der Waals surface area (Å²) in [6, 6.07) is 3.45. The number of nitrogens with zero attached hydrogens (tertiary/aromatic N) is 2. The fourth-order valence-electron chi connectivity index (χ4n) is 1.67. The minimum Gasteiger partial charge on any atom is -0.368 e. The molecular formula is C11H8F3N3O. The normalized spacial score (nSPS) is 11.8. The predicted octanol–water partition coefficient (Wildman–Crippen LogP) is 2.43. The molecule has 0 bridgehead atoms. The highest BCUT2D eigenvalue weighted by Gasteiger charge is 2.33. The molecule has 1 aromatic heterocycles. The summed E-state index contributed by atoms with van der Waals surface area (Å²) in [5.74, 6) is -0.821. The number of nitrogen functional groups attached to an aromatic ring is 1. The van der Waals surface area contributed by atoms with Crippen LogP contribution in [0.2, 0.25) is 0 Å². The molecular weight excluding hydrogens is 247 g/mol. The van der Waals surface area contributed by atoms with Gasteiger partial charge in [0, 0.05) is 12.3 Å². The van der Waals surface area contributed by atoms with Gasteiger partial charge in [0.05, 0.1) is 11.1 Å². The zero-order valence-corrected chi connectivity index (χ0v) is 9.25. The van der Waals surface area contributed by atoms with Crippen LogP contribution >= 0.6 is 0 Å². The molecule has 1 heterocycles. The zero-order valence-electron chi connectivity index (χ0n) is 9.25. The Hall–Kier alpha value is -2.18. The third kappa shape index (κ3) is 1.99. The molecule has 4 nitrogen and oxygen atoms in total. The Morgan fingerprint density at radius 3 is 2.50 bits per heavy atom. The van der Waals surface area contributed by atoms with Crippen molar-refractivity contribution in [3.8, 4) is 0 Å². The molecule has 2 aromatic rings. The van der Waals surface area contributed by atoms with Crippen LogP contribution in [0.5, 0.6) is 0 Å². The summed E-state index contributed by atoms with van der Waals surface area (Å²) in [4.78, 5) is 18.6. The molecule has 0 atom stereocenters. The van der Waals surface area contributed by atoms with Gasteiger partial charge in [-0.1, -0.05) is 12.1 Å². The van der Waals surface area contributed by atoms with Crippen molar-refractivity contribution in [1.29, 1.82) is 0 Å². The Bertz CT molecular complexity index is 637. The van der Waals surface area contributed by atoms with Crippen LogP contribution in [-0.2, 0) is 6.18 Å². The number of anilines is 1. The van der Waals surface area contributed by atoms with E-state index in [4.69, 9.17) is 5.73 Å². The van der Waals surface area contributed by atoms with Crippen molar-refractivity contribution >= 4 is 22.6 Å². The molecule has 0 radical (unpaired) electrons. The van der Waals surface area contributed by atoms with Gasteiger partial charge < -0.3 is 5.73 Å². The average molecular weight is 255 g/mol. The van der Waals surface area contributed by atoms with Crippen LogP contribution in [0.1, 0.15) is 23.0 Å². The zero-order chi connectivity index (χ0) is 13.5. The fourth-order valence-corrected chi connectivity index (χ4v) is 1.67. The molecule has 2 N–H and O–H groups in total. The first-order chi connectivity index (χ1) is 8.30. The highest BCUT2D eigenvalue weighted by atomic mass is 19.4. The summed E-state index contributed by atoms with van der Waals surface area (Å²) in [5.41, 5.74) is 3.93. The third-order valence-electron chi connectivity index (χ3n) is 2.38. The van der Waals surface area contributed by atoms with Crippen LogP contribution in [0, 0.1) is 0 Å². The molecule has 0 fully saturated rings. The number of hydrogen-bond acceptors (Lipinski definition) is 4. The minimum absolute atomic E-state index is 0.0477. The van der Waals surface area contributed by atoms with Gasteiger partial charge in [0.2, 0.25) is 5.95 Å². The number of para-hydroxylation sites is 1. The number of carbonyl (C=O) groups excluding carboxylic acids is 1. The molecule has 1 aromatic carbocycles. The van der Waals surface area contributed by atoms with Gasteiger partial charge in [-0.05, 0) is 6.07 Å². The monoisotopic (exact) mass is 255 g/mol. The first kappa shape index (κ1) is 12.3. The average Bonchev–Trinajstić information content (AvgIpc) is 2.25. The Morgan fingerprint density at radius 1 is 1.28 bits per heavy atom. The second-order valence-electron chi connectivity index (χ2n) is 3.69. The van der Waals surface area contributed by atoms with Crippen molar-refractivity contribution in [2.24, 2.45) is 0 Å². The lowest BCUT2D eigenvalue weighted by Crippen LogP contribution is -2.10. The summed E-state index contributed by atoms with van der Waals surface area (Å²) in [5, 5.41) is 0.0477. The van der Waals surface area contributed by atoms with E-state index in [1.807, 2.05) is 0 Å². The highest BCUT2D eigenvalue weighted by Crippen LogP contribution is 2.34. The molecule has 0 aliphatic rings. The number of nitrogens with two attached hydrogens (primary N) is 1. The van der Waals surface area contributed by atoms with E-state index < -0.39 is 17.5 Å². The van der Waals surface area contributed by atoms with Gasteiger partial charge in [-0.15, -0.1) is 0 Å². The first-order valence-corrected chi connectivity index (χ1v) is 4.95. The van der Waals surface area contributed by atoms with E-state index in [2.05, 4.69) is 9.97 Å². The highest BCUT2D eigenvalue weighted by molar-refractivity contribution is 6.05. The molecule has 18 heavy (non-hydrogen) atoms. The van der Waals surface area contributed by atoms with Crippen LogP contribution in [0.4, 0.5) is 19.1 Å². The number of alkyl halides is 3. The molecule has 0 aliphatic carbocycles. The van der Waals surface area contributed by atoms with E-state index in [0.717, 1.165) is 6.07 Å². The number of aromatic nitrogens is 2. The van der Waals surface area contributed by atoms with Crippen molar-refractivity contribution < 1.29 is 18.0 Å². The van der Waals surface area contributed by atoms with Crippen molar-refractivity contribution in [2.45, 2.75) is 13.1 Å². The van der Waals surface area contributed by atoms with E-state index in [1.54, 1.807) is 0 Å². The molecule has 7 heteroatoms. The van der Waals surface area contributed by atoms with E-state index in [1.165, 1.54) is 19.1 Å². The predicted molar refractivity (Wildman–Crippen MR) is 59.0 cm³/mol. The largest absolute Gasteiger partial charge is 0.418 e. The summed E-state index contributed by atoms with van der Waals surface area (Å²) in [6.45, 7) is 1.21. The molecule has 0 saturated carbocycles. The lowest BCUT2D eigenvalue weighted by molar-refractivity contribution is -0.136. The van der Waals surface area contributed by atoms with E-state index in [0.29, 0.717) is 0 Å². The smallest absolute Gasteiger partial charge is 0.368 e. The quantitative estimate of drug-likeness (QED) is 0.794. The molecule has 0 amide bonds. The SMILES string of the molecule is CC(=O)c1nc(N)nc2c(C(F)(F)F)cccc12. The third-order valence-corrected chi connectivity index (χ3v) is 2.38. The number of ketones is 1. The topological polar surface area (TPSA) is 68.9 Å². The maximum Gasteiger partial charge on any atom is 0.418 e. The lowest BCUT2D eigenvalue weighted by atomic mass is 10.1. The van der Waals surface area contributed by atoms with Crippen LogP contribution in [0.15, 0.2) is 18.2 Å². The number of Topliss-reactive ketones (excluding diaryl/α,β-unsaturated/α-hetero) is 1. The van der Waals surface area contributed by atoms with Gasteiger partial charge >= 0.3 is 6.18 Å². The second-order valence-corrected chi connectivity index (χ2v) is 3.69. The van der Waals surface area contributed by atoms with Gasteiger partial charge in [-0.2, -0.15) is 13.2 Å². The fraction of sp³-hybridized carbons (Fsp3) is 0.182. The number of hydrogen-bond donors (Lipinski definition) is 1. The number of fused-ring (bicyclic) bond motifs is 1. The standard InChI is InChI=1S/C11H8F3N3O/c1-5(18)8-6-3-2-4-7(11(12,13)14)9(6)17-10(15)16-8/h2-4H,1H3,(H2,15,16,17). The molecule has 94 valence electrons. The molecule has 0 aliphatic heterocycles. The van der Waals surface area contributed by atoms with Gasteiger partial charge in [-0.25, -0.2) is 9.97 Å². The van der Waals surface area contributed by atoms with Crippen LogP contribution in [0.25, 0.3) is 10.9 Å². The van der Waals surface area contributed by atoms with E-state index in [9.17, 15) is 18.0 Å². The van der Waals surface area contributed by atoms with E-state index >= 15 is 0 Å². The minimum atomic E-state index is -4.56. The van der Waals surface area contributed by atoms with E-state index in [-0.39, 0.29) is 22.5 Å². The van der Waals surface area contributed by atoms with Crippen molar-refractivity contribution in [3.63, 3.8) is 0 Å². The number of benzene rings is 1. The van der Waals surface area contributed by atoms with Crippen LogP contribution in [-0.4, -0.2) is 15.8 Å². The first-order valence-electron chi connectivity index (χ1n) is 4.95. The molecule has 0 saturated heterocycles. The molecule has 0 unspecified atom stereocenters. The number of carbonyl (C=O) groups is 1.